The smallest absolute Gasteiger partial charge is 0.534 e. The summed E-state index contributed by atoms with van der Waals surface area (Å²) in [5.41, 5.74) is 1.11. The number of hydrogen-bond donors (Lipinski definition) is 3. The molecule has 7 nitrogen and oxygen atoms in total. The van der Waals surface area contributed by atoms with Crippen molar-refractivity contribution >= 4 is 19.0 Å². The summed E-state index contributed by atoms with van der Waals surface area (Å²) in [4.78, 5) is 25.1. The van der Waals surface area contributed by atoms with E-state index >= 15 is 0 Å². The molecule has 1 aromatic rings. The summed E-state index contributed by atoms with van der Waals surface area (Å²) in [7, 11) is -1.20. The predicted octanol–water partition coefficient (Wildman–Crippen LogP) is 2.11. The Balaban J connectivity index is 1.34. The predicted molar refractivity (Wildman–Crippen MR) is 118 cm³/mol. The largest absolute Gasteiger partial charge is 0.547 e. The molecule has 8 heteroatoms. The summed E-state index contributed by atoms with van der Waals surface area (Å²) in [6.45, 7) is 4.57. The lowest BCUT2D eigenvalue weighted by Crippen LogP contribution is -2.53. The number of hydrogen-bond acceptors (Lipinski definition) is 6. The number of ether oxygens (including phenoxy) is 1. The fourth-order valence-corrected chi connectivity index (χ4v) is 5.21. The normalized spacial score (nSPS) is 27.1. The summed E-state index contributed by atoms with van der Waals surface area (Å²) < 4.78 is 11.0. The monoisotopic (exact) mass is 428 g/mol. The Kier molecular flexibility index (Phi) is 7.18. The van der Waals surface area contributed by atoms with Gasteiger partial charge in [-0.2, -0.15) is 0 Å². The summed E-state index contributed by atoms with van der Waals surface area (Å²) in [6.07, 6.45) is 6.02. The number of amides is 1. The first-order valence-electron chi connectivity index (χ1n) is 11.7. The van der Waals surface area contributed by atoms with Crippen LogP contribution in [0.25, 0.3) is 0 Å². The van der Waals surface area contributed by atoms with Gasteiger partial charge in [0.15, 0.2) is 0 Å². The van der Waals surface area contributed by atoms with Crippen LogP contribution in [0.4, 0.5) is 0 Å². The standard InChI is InChI=1S/C23H33BN2O5/c1-2-3-9-30-23(28)19-6-4-5-16-12-20(24(29)31-22(16)19)26-21(27)11-15-7-8-17-13-25-14-18(17)10-15/h4-6,15,17-18,20,25,29H,2-3,7-14H2,1H3,(H,26,27)/t15?,17?,18?,20-/m0/s1. The van der Waals surface area contributed by atoms with Gasteiger partial charge in [-0.15, -0.1) is 0 Å². The second-order valence-electron chi connectivity index (χ2n) is 9.23. The quantitative estimate of drug-likeness (QED) is 0.350. The van der Waals surface area contributed by atoms with Crippen molar-refractivity contribution in [1.82, 2.24) is 10.6 Å². The second-order valence-corrected chi connectivity index (χ2v) is 9.23. The summed E-state index contributed by atoms with van der Waals surface area (Å²) in [5, 5.41) is 16.9. The average molecular weight is 428 g/mol. The summed E-state index contributed by atoms with van der Waals surface area (Å²) >= 11 is 0. The lowest BCUT2D eigenvalue weighted by molar-refractivity contribution is -0.122. The minimum Gasteiger partial charge on any atom is -0.534 e. The molecule has 3 N–H and O–H groups in total. The molecule has 4 atom stereocenters. The van der Waals surface area contributed by atoms with Crippen molar-refractivity contribution in [3.8, 4) is 5.75 Å². The van der Waals surface area contributed by atoms with Crippen molar-refractivity contribution in [2.75, 3.05) is 19.7 Å². The number of carbonyl (C=O) groups excluding carboxylic acids is 2. The highest BCUT2D eigenvalue weighted by Gasteiger charge is 2.39. The third-order valence-corrected chi connectivity index (χ3v) is 6.95. The number of benzene rings is 1. The summed E-state index contributed by atoms with van der Waals surface area (Å²) in [5.74, 6) is 1.20. The van der Waals surface area contributed by atoms with Gasteiger partial charge in [0.1, 0.15) is 11.3 Å². The maximum atomic E-state index is 12.7. The first kappa shape index (κ1) is 22.2. The maximum absolute atomic E-state index is 12.7. The number of esters is 1. The van der Waals surface area contributed by atoms with Gasteiger partial charge in [-0.25, -0.2) is 4.79 Å². The van der Waals surface area contributed by atoms with E-state index in [0.29, 0.717) is 42.6 Å². The zero-order valence-corrected chi connectivity index (χ0v) is 18.3. The van der Waals surface area contributed by atoms with Crippen LogP contribution in [0, 0.1) is 17.8 Å². The summed E-state index contributed by atoms with van der Waals surface area (Å²) in [6, 6.07) is 5.29. The van der Waals surface area contributed by atoms with E-state index in [-0.39, 0.29) is 5.91 Å². The molecular formula is C23H33BN2O5. The Hall–Kier alpha value is -2.06. The molecule has 1 saturated heterocycles. The molecule has 1 aliphatic carbocycles. The first-order valence-corrected chi connectivity index (χ1v) is 11.7. The fraction of sp³-hybridized carbons (Fsp3) is 0.652. The third-order valence-electron chi connectivity index (χ3n) is 6.95. The highest BCUT2D eigenvalue weighted by Crippen LogP contribution is 2.37. The van der Waals surface area contributed by atoms with Gasteiger partial charge in [-0.1, -0.05) is 25.5 Å². The van der Waals surface area contributed by atoms with Crippen molar-refractivity contribution in [2.24, 2.45) is 17.8 Å². The van der Waals surface area contributed by atoms with Crippen molar-refractivity contribution in [2.45, 2.75) is 57.8 Å². The van der Waals surface area contributed by atoms with Crippen LogP contribution in [0.15, 0.2) is 18.2 Å². The average Bonchev–Trinajstić information content (AvgIpc) is 3.22. The van der Waals surface area contributed by atoms with E-state index in [2.05, 4.69) is 10.6 Å². The third kappa shape index (κ3) is 5.23. The molecule has 0 bridgehead atoms. The molecule has 31 heavy (non-hydrogen) atoms. The molecule has 1 amide bonds. The van der Waals surface area contributed by atoms with E-state index in [1.54, 1.807) is 12.1 Å². The van der Waals surface area contributed by atoms with Gasteiger partial charge in [0, 0.05) is 6.42 Å². The number of unbranched alkanes of at least 4 members (excludes halogenated alkanes) is 1. The number of fused-ring (bicyclic) bond motifs is 2. The molecule has 0 aromatic heterocycles. The zero-order valence-electron chi connectivity index (χ0n) is 18.3. The van der Waals surface area contributed by atoms with E-state index in [1.807, 2.05) is 13.0 Å². The van der Waals surface area contributed by atoms with Crippen LogP contribution in [-0.4, -0.2) is 49.7 Å². The molecule has 3 unspecified atom stereocenters. The van der Waals surface area contributed by atoms with Crippen molar-refractivity contribution in [3.63, 3.8) is 0 Å². The van der Waals surface area contributed by atoms with Crippen LogP contribution in [-0.2, 0) is 16.0 Å². The first-order chi connectivity index (χ1) is 15.0. The molecule has 4 rings (SSSR count). The lowest BCUT2D eigenvalue weighted by atomic mass is 9.71. The van der Waals surface area contributed by atoms with Gasteiger partial charge in [0.05, 0.1) is 12.5 Å². The molecule has 0 spiro atoms. The van der Waals surface area contributed by atoms with Gasteiger partial charge in [0.25, 0.3) is 0 Å². The number of carbonyl (C=O) groups is 2. The fourth-order valence-electron chi connectivity index (χ4n) is 5.21. The van der Waals surface area contributed by atoms with Crippen LogP contribution >= 0.6 is 0 Å². The Labute approximate surface area is 184 Å². The Morgan fingerprint density at radius 2 is 2.13 bits per heavy atom. The van der Waals surface area contributed by atoms with E-state index in [4.69, 9.17) is 9.39 Å². The van der Waals surface area contributed by atoms with Crippen LogP contribution in [0.3, 0.4) is 0 Å². The molecule has 2 fully saturated rings. The maximum Gasteiger partial charge on any atom is 0.547 e. The molecule has 2 heterocycles. The van der Waals surface area contributed by atoms with Crippen LogP contribution < -0.4 is 15.3 Å². The Bertz CT molecular complexity index is 804. The minimum atomic E-state index is -1.20. The highest BCUT2D eigenvalue weighted by molar-refractivity contribution is 6.47. The Morgan fingerprint density at radius 3 is 2.97 bits per heavy atom. The van der Waals surface area contributed by atoms with Crippen LogP contribution in [0.2, 0.25) is 0 Å². The number of para-hydroxylation sites is 1. The molecule has 0 radical (unpaired) electrons. The van der Waals surface area contributed by atoms with Crippen molar-refractivity contribution in [1.29, 1.82) is 0 Å². The Morgan fingerprint density at radius 1 is 1.29 bits per heavy atom. The van der Waals surface area contributed by atoms with Gasteiger partial charge < -0.3 is 25.0 Å². The molecule has 1 aromatic carbocycles. The lowest BCUT2D eigenvalue weighted by Gasteiger charge is -2.32. The van der Waals surface area contributed by atoms with Gasteiger partial charge >= 0.3 is 13.1 Å². The molecule has 1 saturated carbocycles. The van der Waals surface area contributed by atoms with Crippen molar-refractivity contribution in [3.05, 3.63) is 29.3 Å². The van der Waals surface area contributed by atoms with Crippen molar-refractivity contribution < 1.29 is 24.0 Å². The highest BCUT2D eigenvalue weighted by atomic mass is 16.5. The molecule has 2 aliphatic heterocycles. The van der Waals surface area contributed by atoms with E-state index in [0.717, 1.165) is 50.3 Å². The SMILES string of the molecule is CCCCOC(=O)c1cccc2c1OB(O)[C@@H](NC(=O)CC1CCC3CNCC3C1)C2. The van der Waals surface area contributed by atoms with E-state index in [9.17, 15) is 14.6 Å². The van der Waals surface area contributed by atoms with E-state index < -0.39 is 19.0 Å². The van der Waals surface area contributed by atoms with Gasteiger partial charge in [-0.3, -0.25) is 4.79 Å². The zero-order chi connectivity index (χ0) is 21.8. The molecular weight excluding hydrogens is 395 g/mol. The van der Waals surface area contributed by atoms with Crippen LogP contribution in [0.5, 0.6) is 5.75 Å². The van der Waals surface area contributed by atoms with Gasteiger partial charge in [0.2, 0.25) is 5.91 Å². The molecule has 3 aliphatic rings. The van der Waals surface area contributed by atoms with E-state index in [1.165, 1.54) is 6.42 Å². The molecule has 168 valence electrons. The van der Waals surface area contributed by atoms with Gasteiger partial charge in [-0.05, 0) is 74.6 Å². The number of rotatable bonds is 7. The minimum absolute atomic E-state index is 0.0411. The second kappa shape index (κ2) is 10.0. The van der Waals surface area contributed by atoms with Crippen LogP contribution in [0.1, 0.15) is 61.4 Å². The topological polar surface area (TPSA) is 96.9 Å². The number of nitrogens with one attached hydrogen (secondary N) is 2.